The van der Waals surface area contributed by atoms with Crippen LogP contribution in [0.1, 0.15) is 37.5 Å². The second-order valence-electron chi connectivity index (χ2n) is 19.4. The van der Waals surface area contributed by atoms with E-state index in [0.717, 1.165) is 87.1 Å². The van der Waals surface area contributed by atoms with E-state index in [9.17, 15) is 0 Å². The number of hydrogen-bond acceptors (Lipinski definition) is 2. The molecule has 0 fully saturated rings. The van der Waals surface area contributed by atoms with Crippen LogP contribution < -0.4 is 10.6 Å². The first-order valence-electron chi connectivity index (χ1n) is 25.2. The molecule has 5 heteroatoms. The Hall–Kier alpha value is -9.06. The van der Waals surface area contributed by atoms with E-state index >= 15 is 0 Å². The molecule has 0 saturated heterocycles. The van der Waals surface area contributed by atoms with Crippen molar-refractivity contribution in [3.8, 4) is 33.6 Å². The normalized spacial score (nSPS) is 13.9. The summed E-state index contributed by atoms with van der Waals surface area (Å²) in [5.41, 5.74) is 18.0. The fraction of sp³-hybridized carbons (Fsp3) is 0.0746. The lowest BCUT2D eigenvalue weighted by molar-refractivity contribution is 0.595. The molecule has 0 atom stereocenters. The van der Waals surface area contributed by atoms with E-state index in [-0.39, 0.29) is 0 Å². The number of aromatic nitrogens is 3. The number of furan rings is 2. The van der Waals surface area contributed by atoms with Gasteiger partial charge in [-0.3, -0.25) is 0 Å². The first kappa shape index (κ1) is 40.8. The monoisotopic (exact) mass is 925 g/mol. The number of allylic oxidation sites excluding steroid dienone is 6. The summed E-state index contributed by atoms with van der Waals surface area (Å²) in [7, 11) is 0. The van der Waals surface area contributed by atoms with E-state index in [1.54, 1.807) is 0 Å². The Balaban J connectivity index is 0.883. The molecule has 0 amide bonds. The molecule has 5 heterocycles. The van der Waals surface area contributed by atoms with E-state index in [1.165, 1.54) is 87.3 Å². The first-order valence-corrected chi connectivity index (χ1v) is 25.2. The summed E-state index contributed by atoms with van der Waals surface area (Å²) in [4.78, 5) is 0. The first-order chi connectivity index (χ1) is 35.6. The molecule has 13 aromatic rings. The predicted octanol–water partition coefficient (Wildman–Crippen LogP) is 16.7. The predicted molar refractivity (Wildman–Crippen MR) is 303 cm³/mol. The molecule has 0 aliphatic heterocycles. The SMILES string of the molecule is C=C/C=C(\C=C/C)n1c2ccc(-c3ccc4c(c3)c3c(n4-c4ccc5oc6ccccc6c5c4)=CCCC=3)cc2c2cc(-c3ccc4c(c3)c3ccccc3n4-c3ccc4oc5c(c4c3)CCC=C5)ccc21. The van der Waals surface area contributed by atoms with Crippen LogP contribution in [0, 0.1) is 0 Å². The van der Waals surface area contributed by atoms with Crippen LogP contribution in [0.2, 0.25) is 0 Å². The highest BCUT2D eigenvalue weighted by Crippen LogP contribution is 2.41. The lowest BCUT2D eigenvalue weighted by Gasteiger charge is -2.10. The quantitative estimate of drug-likeness (QED) is 0.149. The zero-order chi connectivity index (χ0) is 47.6. The highest BCUT2D eigenvalue weighted by atomic mass is 16.3. The van der Waals surface area contributed by atoms with Crippen LogP contribution in [-0.2, 0) is 6.42 Å². The maximum atomic E-state index is 6.28. The van der Waals surface area contributed by atoms with Crippen LogP contribution in [0.15, 0.2) is 204 Å². The van der Waals surface area contributed by atoms with E-state index < -0.39 is 0 Å². The van der Waals surface area contributed by atoms with Gasteiger partial charge in [-0.05, 0) is 170 Å². The molecular weight excluding hydrogens is 879 g/mol. The fourth-order valence-electron chi connectivity index (χ4n) is 12.2. The van der Waals surface area contributed by atoms with Gasteiger partial charge in [-0.1, -0.05) is 97.6 Å². The number of rotatable bonds is 7. The van der Waals surface area contributed by atoms with Gasteiger partial charge < -0.3 is 22.5 Å². The number of aryl methyl sites for hydroxylation is 1. The van der Waals surface area contributed by atoms with Gasteiger partial charge in [0.15, 0.2) is 0 Å². The Kier molecular flexibility index (Phi) is 8.91. The summed E-state index contributed by atoms with van der Waals surface area (Å²) in [6, 6.07) is 58.4. The van der Waals surface area contributed by atoms with Gasteiger partial charge >= 0.3 is 0 Å². The van der Waals surface area contributed by atoms with Crippen LogP contribution in [0.3, 0.4) is 0 Å². The van der Waals surface area contributed by atoms with Gasteiger partial charge in [0.05, 0.1) is 27.6 Å². The molecule has 0 radical (unpaired) electrons. The fourth-order valence-corrected chi connectivity index (χ4v) is 12.2. The number of nitrogens with zero attached hydrogens (tertiary/aromatic N) is 3. The zero-order valence-electron chi connectivity index (χ0n) is 39.8. The third-order valence-corrected chi connectivity index (χ3v) is 15.4. The highest BCUT2D eigenvalue weighted by Gasteiger charge is 2.21. The molecule has 0 bridgehead atoms. The Morgan fingerprint density at radius 1 is 0.500 bits per heavy atom. The smallest absolute Gasteiger partial charge is 0.135 e. The minimum atomic E-state index is 0.908. The van der Waals surface area contributed by atoms with E-state index in [1.807, 2.05) is 18.2 Å². The number of benzene rings is 8. The number of hydrogen-bond donors (Lipinski definition) is 0. The largest absolute Gasteiger partial charge is 0.456 e. The summed E-state index contributed by atoms with van der Waals surface area (Å²) >= 11 is 0. The molecule has 2 aliphatic rings. The molecular formula is C67H47N3O2. The van der Waals surface area contributed by atoms with Crippen LogP contribution in [0.25, 0.3) is 145 Å². The van der Waals surface area contributed by atoms with E-state index in [4.69, 9.17) is 8.83 Å². The van der Waals surface area contributed by atoms with Crippen molar-refractivity contribution in [1.29, 1.82) is 0 Å². The molecule has 15 rings (SSSR count). The molecule has 72 heavy (non-hydrogen) atoms. The molecule has 5 nitrogen and oxygen atoms in total. The minimum Gasteiger partial charge on any atom is -0.456 e. The highest BCUT2D eigenvalue weighted by molar-refractivity contribution is 6.14. The minimum absolute atomic E-state index is 0.908. The van der Waals surface area contributed by atoms with Gasteiger partial charge in [0.25, 0.3) is 0 Å². The second-order valence-corrected chi connectivity index (χ2v) is 19.4. The molecule has 5 aromatic heterocycles. The molecule has 0 N–H and O–H groups in total. The van der Waals surface area contributed by atoms with Gasteiger partial charge in [-0.15, -0.1) is 0 Å². The topological polar surface area (TPSA) is 41.1 Å². The molecule has 0 spiro atoms. The lowest BCUT2D eigenvalue weighted by Crippen LogP contribution is -2.30. The molecule has 0 unspecified atom stereocenters. The summed E-state index contributed by atoms with van der Waals surface area (Å²) in [5, 5.41) is 12.2. The Morgan fingerprint density at radius 3 is 1.82 bits per heavy atom. The summed E-state index contributed by atoms with van der Waals surface area (Å²) < 4.78 is 19.8. The Morgan fingerprint density at radius 2 is 1.08 bits per heavy atom. The Labute approximate surface area is 414 Å². The summed E-state index contributed by atoms with van der Waals surface area (Å²) in [6.45, 7) is 6.19. The molecule has 2 aliphatic carbocycles. The maximum Gasteiger partial charge on any atom is 0.135 e. The molecule has 8 aromatic carbocycles. The van der Waals surface area contributed by atoms with Crippen LogP contribution >= 0.6 is 0 Å². The van der Waals surface area contributed by atoms with Crippen LogP contribution in [0.4, 0.5) is 0 Å². The second kappa shape index (κ2) is 15.7. The van der Waals surface area contributed by atoms with Crippen molar-refractivity contribution in [3.63, 3.8) is 0 Å². The number of para-hydroxylation sites is 2. The van der Waals surface area contributed by atoms with Crippen molar-refractivity contribution < 1.29 is 8.83 Å². The van der Waals surface area contributed by atoms with Gasteiger partial charge in [0.2, 0.25) is 0 Å². The number of fused-ring (bicyclic) bond motifs is 15. The Bertz CT molecular complexity index is 4720. The van der Waals surface area contributed by atoms with Crippen molar-refractivity contribution in [2.24, 2.45) is 0 Å². The van der Waals surface area contributed by atoms with Crippen molar-refractivity contribution >= 4 is 111 Å². The van der Waals surface area contributed by atoms with Crippen molar-refractivity contribution in [1.82, 2.24) is 13.7 Å². The maximum absolute atomic E-state index is 6.28. The summed E-state index contributed by atoms with van der Waals surface area (Å²) in [6.07, 6.45) is 21.5. The van der Waals surface area contributed by atoms with Crippen LogP contribution in [-0.4, -0.2) is 13.7 Å². The zero-order valence-corrected chi connectivity index (χ0v) is 39.8. The standard InChI is InChI=1S/C67H47N3O2/c1-3-13-45(14-4-2)68-62-31-25-43(41-23-29-60-52(35-41)48-15-5-9-19-58(48)69(60)46-27-33-66-56(39-46)50-17-7-11-21-64(50)71-66)37-54(62)55-38-44(26-32-63(55)68)42-24-30-61-53(36-42)49-16-6-10-20-59(49)70(61)47-28-34-67-57(40-47)51-18-8-12-22-65(51)72-67/h3-5,8-9,11-16,18-40H,1,6-7,10,17H2,2H3/b14-4-,45-13+. The molecule has 342 valence electrons. The van der Waals surface area contributed by atoms with Gasteiger partial charge in [0.1, 0.15) is 22.5 Å². The summed E-state index contributed by atoms with van der Waals surface area (Å²) in [5.74, 6) is 0.991. The molecule has 0 saturated carbocycles. The third-order valence-electron chi connectivity index (χ3n) is 15.4. The van der Waals surface area contributed by atoms with Crippen molar-refractivity contribution in [2.75, 3.05) is 0 Å². The third kappa shape index (κ3) is 6.01. The van der Waals surface area contributed by atoms with Gasteiger partial charge in [-0.25, -0.2) is 0 Å². The average molecular weight is 926 g/mol. The van der Waals surface area contributed by atoms with Gasteiger partial charge in [-0.2, -0.15) is 0 Å². The van der Waals surface area contributed by atoms with Crippen molar-refractivity contribution in [2.45, 2.75) is 32.6 Å². The average Bonchev–Trinajstić information content (AvgIpc) is 4.24. The van der Waals surface area contributed by atoms with Gasteiger partial charge in [0, 0.05) is 76.3 Å². The van der Waals surface area contributed by atoms with E-state index in [2.05, 4.69) is 215 Å². The lowest BCUT2D eigenvalue weighted by atomic mass is 9.98. The van der Waals surface area contributed by atoms with Crippen LogP contribution in [0.5, 0.6) is 0 Å². The van der Waals surface area contributed by atoms with Crippen molar-refractivity contribution in [3.05, 3.63) is 217 Å². The van der Waals surface area contributed by atoms with E-state index in [0.29, 0.717) is 0 Å².